The second-order valence-corrected chi connectivity index (χ2v) is 8.05. The van der Waals surface area contributed by atoms with Gasteiger partial charge in [-0.3, -0.25) is 14.6 Å². The van der Waals surface area contributed by atoms with Crippen molar-refractivity contribution in [3.05, 3.63) is 87.6 Å². The molecule has 3 aromatic rings. The summed E-state index contributed by atoms with van der Waals surface area (Å²) >= 11 is 6.05. The van der Waals surface area contributed by atoms with Gasteiger partial charge in [-0.15, -0.1) is 0 Å². The van der Waals surface area contributed by atoms with Gasteiger partial charge >= 0.3 is 6.18 Å². The summed E-state index contributed by atoms with van der Waals surface area (Å²) in [6, 6.07) is 9.13. The molecular weight excluding hydrogens is 447 g/mol. The molecule has 0 radical (unpaired) electrons. The van der Waals surface area contributed by atoms with Gasteiger partial charge in [0.1, 0.15) is 5.76 Å². The highest BCUT2D eigenvalue weighted by Gasteiger charge is 2.60. The zero-order chi connectivity index (χ0) is 22.8. The number of aryl methyl sites for hydroxylation is 1. The van der Waals surface area contributed by atoms with Crippen molar-refractivity contribution in [1.29, 1.82) is 0 Å². The molecule has 32 heavy (non-hydrogen) atoms. The lowest BCUT2D eigenvalue weighted by Crippen LogP contribution is -2.51. The predicted molar refractivity (Wildman–Crippen MR) is 107 cm³/mol. The second-order valence-electron chi connectivity index (χ2n) is 7.61. The van der Waals surface area contributed by atoms with Gasteiger partial charge in [0.2, 0.25) is 5.76 Å². The molecule has 1 fully saturated rings. The van der Waals surface area contributed by atoms with E-state index in [1.165, 1.54) is 29.1 Å². The van der Waals surface area contributed by atoms with Crippen LogP contribution in [0.25, 0.3) is 0 Å². The number of alkyl halides is 3. The Morgan fingerprint density at radius 3 is 2.59 bits per heavy atom. The van der Waals surface area contributed by atoms with Crippen molar-refractivity contribution < 1.29 is 27.2 Å². The molecule has 164 valence electrons. The highest BCUT2D eigenvalue weighted by molar-refractivity contribution is 6.30. The monoisotopic (exact) mass is 461 g/mol. The van der Waals surface area contributed by atoms with E-state index < -0.39 is 29.1 Å². The molecule has 0 spiro atoms. The number of benzene rings is 1. The molecule has 2 aromatic heterocycles. The van der Waals surface area contributed by atoms with Crippen LogP contribution in [0.5, 0.6) is 0 Å². The van der Waals surface area contributed by atoms with Gasteiger partial charge in [0.15, 0.2) is 5.66 Å². The number of halogens is 4. The summed E-state index contributed by atoms with van der Waals surface area (Å²) in [7, 11) is 0. The quantitative estimate of drug-likeness (QED) is 0.565. The molecule has 2 aliphatic rings. The molecule has 1 unspecified atom stereocenters. The summed E-state index contributed by atoms with van der Waals surface area (Å²) in [5.74, 6) is -2.62. The number of aromatic nitrogens is 1. The maximum atomic E-state index is 13.6. The maximum Gasteiger partial charge on any atom is 0.450 e. The first-order chi connectivity index (χ1) is 15.2. The number of amides is 2. The minimum atomic E-state index is -4.85. The van der Waals surface area contributed by atoms with E-state index in [2.05, 4.69) is 4.98 Å². The second kappa shape index (κ2) is 6.83. The molecule has 1 atom stereocenters. The van der Waals surface area contributed by atoms with Crippen LogP contribution in [-0.4, -0.2) is 39.7 Å². The van der Waals surface area contributed by atoms with E-state index in [1.54, 1.807) is 30.3 Å². The number of hydrogen-bond acceptors (Lipinski definition) is 4. The fourth-order valence-corrected chi connectivity index (χ4v) is 4.77. The predicted octanol–water partition coefficient (Wildman–Crippen LogP) is 4.47. The zero-order valence-corrected chi connectivity index (χ0v) is 17.4. The van der Waals surface area contributed by atoms with E-state index in [4.69, 9.17) is 16.0 Å². The summed E-state index contributed by atoms with van der Waals surface area (Å²) in [6.07, 6.45) is -1.92. The SMILES string of the molecule is Cc1cc(C(=O)N2CCN3C(=O)c4ccncc4C32c2ccc(Cl)cc2)c(C(F)(F)F)o1. The van der Waals surface area contributed by atoms with Gasteiger partial charge in [-0.05, 0) is 31.2 Å². The third-order valence-corrected chi connectivity index (χ3v) is 6.09. The Kier molecular flexibility index (Phi) is 4.39. The van der Waals surface area contributed by atoms with Crippen molar-refractivity contribution in [1.82, 2.24) is 14.8 Å². The van der Waals surface area contributed by atoms with Crippen molar-refractivity contribution in [2.24, 2.45) is 0 Å². The van der Waals surface area contributed by atoms with Gasteiger partial charge in [0.25, 0.3) is 11.8 Å². The zero-order valence-electron chi connectivity index (χ0n) is 16.6. The molecule has 1 aromatic carbocycles. The molecule has 0 N–H and O–H groups in total. The summed E-state index contributed by atoms with van der Waals surface area (Å²) in [5, 5.41) is 0.438. The summed E-state index contributed by atoms with van der Waals surface area (Å²) in [6.45, 7) is 1.51. The molecule has 4 heterocycles. The Morgan fingerprint density at radius 1 is 1.19 bits per heavy atom. The Balaban J connectivity index is 1.75. The van der Waals surface area contributed by atoms with E-state index in [9.17, 15) is 22.8 Å². The van der Waals surface area contributed by atoms with Crippen LogP contribution in [0.2, 0.25) is 5.02 Å². The maximum absolute atomic E-state index is 13.6. The standard InChI is InChI=1S/C22H15ClF3N3O3/c1-12-10-16(18(32-12)22(24,25)26)20(31)29-9-8-28-19(30)15-6-7-27-11-17(15)21(28,29)13-2-4-14(23)5-3-13/h2-7,10-11H,8-9H2,1H3. The van der Waals surface area contributed by atoms with Gasteiger partial charge < -0.3 is 14.2 Å². The molecule has 2 aliphatic heterocycles. The average Bonchev–Trinajstić information content (AvgIpc) is 3.41. The van der Waals surface area contributed by atoms with Crippen molar-refractivity contribution in [2.75, 3.05) is 13.1 Å². The molecular formula is C22H15ClF3N3O3. The average molecular weight is 462 g/mol. The molecule has 10 heteroatoms. The largest absolute Gasteiger partial charge is 0.456 e. The van der Waals surface area contributed by atoms with Gasteiger partial charge in [0.05, 0.1) is 11.1 Å². The lowest BCUT2D eigenvalue weighted by Gasteiger charge is -2.40. The van der Waals surface area contributed by atoms with E-state index >= 15 is 0 Å². The third kappa shape index (κ3) is 2.70. The normalized spacial score (nSPS) is 20.0. The van der Waals surface area contributed by atoms with E-state index in [-0.39, 0.29) is 24.8 Å². The minimum absolute atomic E-state index is 0.0308. The lowest BCUT2D eigenvalue weighted by molar-refractivity contribution is -0.153. The van der Waals surface area contributed by atoms with E-state index in [1.807, 2.05) is 0 Å². The highest BCUT2D eigenvalue weighted by Crippen LogP contribution is 2.50. The number of nitrogens with zero attached hydrogens (tertiary/aromatic N) is 3. The Labute approximate surface area is 185 Å². The highest BCUT2D eigenvalue weighted by atomic mass is 35.5. The van der Waals surface area contributed by atoms with E-state index in [0.717, 1.165) is 6.07 Å². The molecule has 0 bridgehead atoms. The molecule has 1 saturated heterocycles. The molecule has 5 rings (SSSR count). The van der Waals surface area contributed by atoms with Crippen molar-refractivity contribution >= 4 is 23.4 Å². The Bertz CT molecular complexity index is 1260. The number of rotatable bonds is 2. The number of pyridine rings is 1. The van der Waals surface area contributed by atoms with Gasteiger partial charge in [-0.1, -0.05) is 23.7 Å². The van der Waals surface area contributed by atoms with Gasteiger partial charge in [0, 0.05) is 41.6 Å². The third-order valence-electron chi connectivity index (χ3n) is 5.84. The summed E-state index contributed by atoms with van der Waals surface area (Å²) < 4.78 is 45.6. The van der Waals surface area contributed by atoms with Crippen LogP contribution >= 0.6 is 11.6 Å². The number of carbonyl (C=O) groups is 2. The number of carbonyl (C=O) groups excluding carboxylic acids is 2. The Hall–Kier alpha value is -3.33. The first kappa shape index (κ1) is 20.6. The molecule has 0 aliphatic carbocycles. The van der Waals surface area contributed by atoms with Crippen LogP contribution in [0.1, 0.15) is 43.4 Å². The van der Waals surface area contributed by atoms with Crippen molar-refractivity contribution in [3.8, 4) is 0 Å². The van der Waals surface area contributed by atoms with Crippen LogP contribution in [0.15, 0.2) is 53.2 Å². The number of furan rings is 1. The van der Waals surface area contributed by atoms with Crippen molar-refractivity contribution in [3.63, 3.8) is 0 Å². The van der Waals surface area contributed by atoms with Crippen LogP contribution in [-0.2, 0) is 11.8 Å². The molecule has 0 saturated carbocycles. The smallest absolute Gasteiger partial charge is 0.450 e. The van der Waals surface area contributed by atoms with Crippen molar-refractivity contribution in [2.45, 2.75) is 18.8 Å². The van der Waals surface area contributed by atoms with Gasteiger partial charge in [-0.2, -0.15) is 13.2 Å². The Morgan fingerprint density at radius 2 is 1.91 bits per heavy atom. The summed E-state index contributed by atoms with van der Waals surface area (Å²) in [5.41, 5.74) is -0.772. The first-order valence-corrected chi connectivity index (χ1v) is 10.1. The fourth-order valence-electron chi connectivity index (χ4n) is 4.64. The van der Waals surface area contributed by atoms with Gasteiger partial charge in [-0.25, -0.2) is 0 Å². The lowest BCUT2D eigenvalue weighted by atomic mass is 9.90. The topological polar surface area (TPSA) is 66.7 Å². The summed E-state index contributed by atoms with van der Waals surface area (Å²) in [4.78, 5) is 33.7. The van der Waals surface area contributed by atoms with Crippen LogP contribution in [0.3, 0.4) is 0 Å². The van der Waals surface area contributed by atoms with Crippen LogP contribution in [0, 0.1) is 6.92 Å². The number of hydrogen-bond donors (Lipinski definition) is 0. The number of fused-ring (bicyclic) bond motifs is 3. The first-order valence-electron chi connectivity index (χ1n) is 9.68. The van der Waals surface area contributed by atoms with Crippen LogP contribution in [0.4, 0.5) is 13.2 Å². The minimum Gasteiger partial charge on any atom is -0.456 e. The van der Waals surface area contributed by atoms with E-state index in [0.29, 0.717) is 21.7 Å². The fraction of sp³-hybridized carbons (Fsp3) is 0.227. The van der Waals surface area contributed by atoms with Crippen LogP contribution < -0.4 is 0 Å². The molecule has 6 nitrogen and oxygen atoms in total. The molecule has 2 amide bonds.